The minimum Gasteiger partial charge on any atom is -0.453 e. The van der Waals surface area contributed by atoms with Crippen LogP contribution in [0.15, 0.2) is 217 Å². The number of aromatic nitrogens is 5. The molecule has 0 aliphatic heterocycles. The number of benzene rings is 9. The van der Waals surface area contributed by atoms with Crippen molar-refractivity contribution in [1.82, 2.24) is 24.1 Å². The summed E-state index contributed by atoms with van der Waals surface area (Å²) in [5.74, 6) is 1.74. The molecule has 0 saturated heterocycles. The van der Waals surface area contributed by atoms with Crippen molar-refractivity contribution < 1.29 is 4.42 Å². The van der Waals surface area contributed by atoms with Crippen LogP contribution in [0.3, 0.4) is 0 Å². The Morgan fingerprint density at radius 2 is 0.730 bits per heavy atom. The largest absolute Gasteiger partial charge is 0.453 e. The van der Waals surface area contributed by atoms with Gasteiger partial charge in [-0.1, -0.05) is 182 Å². The first kappa shape index (κ1) is 35.2. The van der Waals surface area contributed by atoms with Crippen molar-refractivity contribution >= 4 is 65.6 Å². The van der Waals surface area contributed by atoms with E-state index in [1.54, 1.807) is 0 Å². The van der Waals surface area contributed by atoms with Gasteiger partial charge in [0, 0.05) is 49.2 Å². The molecule has 9 aromatic carbocycles. The van der Waals surface area contributed by atoms with Gasteiger partial charge in [0.2, 0.25) is 0 Å². The molecule has 0 radical (unpaired) electrons. The van der Waals surface area contributed by atoms with Gasteiger partial charge >= 0.3 is 0 Å². The van der Waals surface area contributed by atoms with Gasteiger partial charge < -0.3 is 13.6 Å². The first-order chi connectivity index (χ1) is 31.3. The summed E-state index contributed by atoms with van der Waals surface area (Å²) in [5.41, 5.74) is 12.4. The predicted octanol–water partition coefficient (Wildman–Crippen LogP) is 14.6. The van der Waals surface area contributed by atoms with Crippen LogP contribution in [-0.4, -0.2) is 24.1 Å². The highest BCUT2D eigenvalue weighted by Gasteiger charge is 2.29. The summed E-state index contributed by atoms with van der Waals surface area (Å²) in [7, 11) is 0. The molecule has 294 valence electrons. The maximum absolute atomic E-state index is 7.44. The van der Waals surface area contributed by atoms with Gasteiger partial charge in [-0.3, -0.25) is 0 Å². The van der Waals surface area contributed by atoms with Crippen LogP contribution in [0.1, 0.15) is 0 Å². The van der Waals surface area contributed by atoms with Gasteiger partial charge in [-0.15, -0.1) is 0 Å². The molecule has 0 fully saturated rings. The minimum atomic E-state index is 0.553. The normalized spacial score (nSPS) is 11.8. The Bertz CT molecular complexity index is 3740. The summed E-state index contributed by atoms with van der Waals surface area (Å²) >= 11 is 0. The van der Waals surface area contributed by atoms with Crippen LogP contribution >= 0.6 is 0 Å². The van der Waals surface area contributed by atoms with Gasteiger partial charge in [0.15, 0.2) is 23.1 Å². The topological polar surface area (TPSA) is 61.7 Å². The number of nitrogens with zero attached hydrogens (tertiary/aromatic N) is 5. The van der Waals surface area contributed by atoms with E-state index < -0.39 is 0 Å². The Morgan fingerprint density at radius 3 is 1.24 bits per heavy atom. The summed E-state index contributed by atoms with van der Waals surface area (Å²) in [4.78, 5) is 16.0. The molecule has 0 aliphatic rings. The van der Waals surface area contributed by atoms with E-state index in [4.69, 9.17) is 19.4 Å². The fourth-order valence-corrected chi connectivity index (χ4v) is 9.63. The van der Waals surface area contributed by atoms with Gasteiger partial charge in [-0.25, -0.2) is 15.0 Å². The quantitative estimate of drug-likeness (QED) is 0.168. The van der Waals surface area contributed by atoms with E-state index in [2.05, 4.69) is 185 Å². The van der Waals surface area contributed by atoms with Crippen molar-refractivity contribution in [1.29, 1.82) is 0 Å². The average Bonchev–Trinajstić information content (AvgIpc) is 4.03. The zero-order valence-corrected chi connectivity index (χ0v) is 33.9. The maximum Gasteiger partial charge on any atom is 0.166 e. The summed E-state index contributed by atoms with van der Waals surface area (Å²) in [6.45, 7) is 0. The maximum atomic E-state index is 7.44. The van der Waals surface area contributed by atoms with E-state index in [1.165, 1.54) is 0 Å². The molecule has 4 heterocycles. The van der Waals surface area contributed by atoms with Crippen molar-refractivity contribution in [3.05, 3.63) is 212 Å². The Hall–Kier alpha value is -8.61. The molecule has 13 rings (SSSR count). The van der Waals surface area contributed by atoms with Crippen LogP contribution in [0.4, 0.5) is 0 Å². The monoisotopic (exact) mass is 805 g/mol. The molecular formula is C57H35N5O. The molecule has 0 bridgehead atoms. The van der Waals surface area contributed by atoms with E-state index >= 15 is 0 Å². The molecule has 0 saturated carbocycles. The van der Waals surface area contributed by atoms with E-state index in [9.17, 15) is 0 Å². The average molecular weight is 806 g/mol. The van der Waals surface area contributed by atoms with Crippen LogP contribution < -0.4 is 0 Å². The highest BCUT2D eigenvalue weighted by Crippen LogP contribution is 2.48. The van der Waals surface area contributed by atoms with Gasteiger partial charge in [0.05, 0.1) is 38.8 Å². The van der Waals surface area contributed by atoms with Gasteiger partial charge in [0.25, 0.3) is 0 Å². The van der Waals surface area contributed by atoms with Gasteiger partial charge in [-0.2, -0.15) is 0 Å². The highest BCUT2D eigenvalue weighted by atomic mass is 16.3. The first-order valence-corrected chi connectivity index (χ1v) is 21.2. The summed E-state index contributed by atoms with van der Waals surface area (Å²) in [6, 6.07) is 74.2. The third kappa shape index (κ3) is 5.41. The lowest BCUT2D eigenvalue weighted by Gasteiger charge is -2.19. The molecular weight excluding hydrogens is 771 g/mol. The molecule has 63 heavy (non-hydrogen) atoms. The lowest BCUT2D eigenvalue weighted by molar-refractivity contribution is 0.667. The smallest absolute Gasteiger partial charge is 0.166 e. The Balaban J connectivity index is 1.28. The Kier molecular flexibility index (Phi) is 7.80. The van der Waals surface area contributed by atoms with E-state index in [-0.39, 0.29) is 0 Å². The molecule has 0 atom stereocenters. The molecule has 0 N–H and O–H groups in total. The lowest BCUT2D eigenvalue weighted by Crippen LogP contribution is -2.06. The summed E-state index contributed by atoms with van der Waals surface area (Å²) in [6.07, 6.45) is 0. The zero-order chi connectivity index (χ0) is 41.4. The van der Waals surface area contributed by atoms with Gasteiger partial charge in [-0.05, 0) is 35.9 Å². The third-order valence-corrected chi connectivity index (χ3v) is 12.4. The van der Waals surface area contributed by atoms with Gasteiger partial charge in [0.1, 0.15) is 5.58 Å². The van der Waals surface area contributed by atoms with E-state index in [0.29, 0.717) is 17.5 Å². The van der Waals surface area contributed by atoms with Crippen molar-refractivity contribution in [2.24, 2.45) is 0 Å². The number of furan rings is 1. The SMILES string of the molecule is c1ccc(-c2nc(-c3ccccc3)nc(-c3cc(-n4c5ccccc5c5ccccc54)c4oc5c(-c6ccccc6)cccc5c4c3-n3c4ccccc4c4ccccc43)n2)cc1. The number of fused-ring (bicyclic) bond motifs is 9. The van der Waals surface area contributed by atoms with E-state index in [0.717, 1.165) is 105 Å². The van der Waals surface area contributed by atoms with Crippen LogP contribution in [0.25, 0.3) is 122 Å². The highest BCUT2D eigenvalue weighted by molar-refractivity contribution is 6.21. The summed E-state index contributed by atoms with van der Waals surface area (Å²) in [5, 5.41) is 6.59. The second-order valence-electron chi connectivity index (χ2n) is 15.9. The molecule has 0 amide bonds. The Morgan fingerprint density at radius 1 is 0.317 bits per heavy atom. The van der Waals surface area contributed by atoms with E-state index in [1.807, 2.05) is 36.4 Å². The zero-order valence-electron chi connectivity index (χ0n) is 33.9. The van der Waals surface area contributed by atoms with Crippen LogP contribution in [-0.2, 0) is 0 Å². The Labute approximate surface area is 361 Å². The third-order valence-electron chi connectivity index (χ3n) is 12.4. The molecule has 0 aliphatic carbocycles. The standard InChI is InChI=1S/C57H35N5O/c1-4-19-36(20-5-1)39-29-18-30-44-51-52(62-48-33-16-12-27-42(48)43-28-13-17-34-49(43)62)45(57-59-55(37-21-6-2-7-22-37)58-56(60-57)38-23-8-3-9-24-38)35-50(54(51)63-53(39)44)61-46-31-14-10-25-40(46)41-26-11-15-32-47(41)61/h1-35H. The minimum absolute atomic E-state index is 0.553. The van der Waals surface area contributed by atoms with Crippen molar-refractivity contribution in [2.45, 2.75) is 0 Å². The first-order valence-electron chi connectivity index (χ1n) is 21.2. The fraction of sp³-hybridized carbons (Fsp3) is 0. The summed E-state index contributed by atoms with van der Waals surface area (Å²) < 4.78 is 12.2. The molecule has 13 aromatic rings. The molecule has 0 unspecified atom stereocenters. The van der Waals surface area contributed by atoms with Crippen molar-refractivity contribution in [3.8, 4) is 56.7 Å². The predicted molar refractivity (Wildman–Crippen MR) is 258 cm³/mol. The molecule has 0 spiro atoms. The molecule has 4 aromatic heterocycles. The lowest BCUT2D eigenvalue weighted by atomic mass is 9.99. The second-order valence-corrected chi connectivity index (χ2v) is 15.9. The fourth-order valence-electron chi connectivity index (χ4n) is 9.63. The van der Waals surface area contributed by atoms with Crippen molar-refractivity contribution in [3.63, 3.8) is 0 Å². The number of para-hydroxylation sites is 5. The van der Waals surface area contributed by atoms with Crippen molar-refractivity contribution in [2.75, 3.05) is 0 Å². The number of hydrogen-bond acceptors (Lipinski definition) is 4. The molecule has 6 heteroatoms. The van der Waals surface area contributed by atoms with Crippen LogP contribution in [0, 0.1) is 0 Å². The molecule has 6 nitrogen and oxygen atoms in total. The number of rotatable bonds is 6. The second kappa shape index (κ2) is 14.0. The van der Waals surface area contributed by atoms with Crippen LogP contribution in [0.2, 0.25) is 0 Å². The van der Waals surface area contributed by atoms with Crippen LogP contribution in [0.5, 0.6) is 0 Å². The number of hydrogen-bond donors (Lipinski definition) is 0.